The van der Waals surface area contributed by atoms with Crippen molar-refractivity contribution in [3.63, 3.8) is 0 Å². The average molecular weight is 227 g/mol. The lowest BCUT2D eigenvalue weighted by Gasteiger charge is -2.24. The fraction of sp³-hybridized carbons (Fsp3) is 0.500. The van der Waals surface area contributed by atoms with E-state index in [1.54, 1.807) is 0 Å². The number of nitrogens with two attached hydrogens (primary N) is 1. The van der Waals surface area contributed by atoms with Crippen LogP contribution < -0.4 is 11.3 Å². The molecular formula is C12H19ClN2. The smallest absolute Gasteiger partial charge is 0.0488 e. The Balaban J connectivity index is 3.05. The van der Waals surface area contributed by atoms with Crippen LogP contribution in [0.5, 0.6) is 0 Å². The molecule has 0 fully saturated rings. The molecule has 0 amide bonds. The Labute approximate surface area is 96.8 Å². The number of aryl methyl sites for hydroxylation is 1. The SMILES string of the molecule is CCC(C)C(NN)c1cc(Cl)ccc1C. The first-order chi connectivity index (χ1) is 7.10. The molecule has 0 aliphatic rings. The van der Waals surface area contributed by atoms with Crippen LogP contribution in [0.15, 0.2) is 18.2 Å². The van der Waals surface area contributed by atoms with Gasteiger partial charge >= 0.3 is 0 Å². The van der Waals surface area contributed by atoms with Crippen molar-refractivity contribution < 1.29 is 0 Å². The van der Waals surface area contributed by atoms with Gasteiger partial charge in [-0.2, -0.15) is 0 Å². The van der Waals surface area contributed by atoms with Crippen LogP contribution in [0.3, 0.4) is 0 Å². The van der Waals surface area contributed by atoms with Crippen LogP contribution in [0.25, 0.3) is 0 Å². The number of nitrogens with one attached hydrogen (secondary N) is 1. The molecule has 1 aromatic rings. The zero-order valence-electron chi connectivity index (χ0n) is 9.55. The van der Waals surface area contributed by atoms with Gasteiger partial charge in [0.2, 0.25) is 0 Å². The van der Waals surface area contributed by atoms with Gasteiger partial charge in [-0.3, -0.25) is 11.3 Å². The van der Waals surface area contributed by atoms with Crippen molar-refractivity contribution in [3.8, 4) is 0 Å². The zero-order valence-corrected chi connectivity index (χ0v) is 10.3. The Morgan fingerprint density at radius 1 is 1.47 bits per heavy atom. The normalized spacial score (nSPS) is 15.0. The van der Waals surface area contributed by atoms with Crippen molar-refractivity contribution in [2.75, 3.05) is 0 Å². The summed E-state index contributed by atoms with van der Waals surface area (Å²) >= 11 is 6.00. The van der Waals surface area contributed by atoms with Crippen LogP contribution in [-0.2, 0) is 0 Å². The maximum atomic E-state index is 6.00. The molecule has 2 nitrogen and oxygen atoms in total. The van der Waals surface area contributed by atoms with E-state index in [2.05, 4.69) is 26.2 Å². The molecule has 0 aliphatic heterocycles. The summed E-state index contributed by atoms with van der Waals surface area (Å²) in [6.07, 6.45) is 1.08. The summed E-state index contributed by atoms with van der Waals surface area (Å²) in [5.41, 5.74) is 5.30. The molecule has 0 bridgehead atoms. The molecule has 1 rings (SSSR count). The number of halogens is 1. The van der Waals surface area contributed by atoms with Crippen LogP contribution >= 0.6 is 11.6 Å². The molecule has 0 saturated heterocycles. The average Bonchev–Trinajstić information content (AvgIpc) is 2.23. The minimum absolute atomic E-state index is 0.175. The van der Waals surface area contributed by atoms with Crippen LogP contribution in [0, 0.1) is 12.8 Å². The highest BCUT2D eigenvalue weighted by molar-refractivity contribution is 6.30. The molecule has 0 aromatic heterocycles. The Kier molecular flexibility index (Phi) is 4.58. The molecule has 3 N–H and O–H groups in total. The molecule has 0 spiro atoms. The topological polar surface area (TPSA) is 38.0 Å². The number of rotatable bonds is 4. The third-order valence-corrected chi connectivity index (χ3v) is 3.20. The van der Waals surface area contributed by atoms with E-state index in [0.29, 0.717) is 5.92 Å². The standard InChI is InChI=1S/C12H19ClN2/c1-4-8(2)12(15-14)11-7-10(13)6-5-9(11)3/h5-8,12,15H,4,14H2,1-3H3. The van der Waals surface area contributed by atoms with Gasteiger partial charge in [-0.15, -0.1) is 0 Å². The Morgan fingerprint density at radius 3 is 2.67 bits per heavy atom. The van der Waals surface area contributed by atoms with Crippen molar-refractivity contribution in [3.05, 3.63) is 34.3 Å². The summed E-state index contributed by atoms with van der Waals surface area (Å²) in [6, 6.07) is 6.11. The predicted octanol–water partition coefficient (Wildman–Crippen LogP) is 3.20. The highest BCUT2D eigenvalue weighted by Gasteiger charge is 2.18. The van der Waals surface area contributed by atoms with Crippen LogP contribution in [0.4, 0.5) is 0 Å². The molecule has 0 saturated carbocycles. The van der Waals surface area contributed by atoms with Gasteiger partial charge in [-0.05, 0) is 36.1 Å². The van der Waals surface area contributed by atoms with Gasteiger partial charge in [0.1, 0.15) is 0 Å². The minimum Gasteiger partial charge on any atom is -0.271 e. The monoisotopic (exact) mass is 226 g/mol. The van der Waals surface area contributed by atoms with Gasteiger partial charge in [-0.1, -0.05) is 37.9 Å². The zero-order chi connectivity index (χ0) is 11.4. The number of hydrogen-bond donors (Lipinski definition) is 2. The van der Waals surface area contributed by atoms with E-state index >= 15 is 0 Å². The van der Waals surface area contributed by atoms with Crippen molar-refractivity contribution in [2.45, 2.75) is 33.2 Å². The van der Waals surface area contributed by atoms with E-state index in [9.17, 15) is 0 Å². The molecular weight excluding hydrogens is 208 g/mol. The Morgan fingerprint density at radius 2 is 2.13 bits per heavy atom. The first-order valence-electron chi connectivity index (χ1n) is 5.32. The summed E-state index contributed by atoms with van der Waals surface area (Å²) in [5.74, 6) is 6.10. The van der Waals surface area contributed by atoms with Crippen LogP contribution in [0.2, 0.25) is 5.02 Å². The van der Waals surface area contributed by atoms with Gasteiger partial charge in [0.15, 0.2) is 0 Å². The molecule has 2 atom stereocenters. The van der Waals surface area contributed by atoms with E-state index in [0.717, 1.165) is 11.4 Å². The van der Waals surface area contributed by atoms with Gasteiger partial charge < -0.3 is 0 Å². The molecule has 1 aromatic carbocycles. The summed E-state index contributed by atoms with van der Waals surface area (Å²) in [6.45, 7) is 6.43. The Bertz CT molecular complexity index is 325. The second-order valence-electron chi connectivity index (χ2n) is 4.03. The van der Waals surface area contributed by atoms with Crippen LogP contribution in [0.1, 0.15) is 37.4 Å². The third kappa shape index (κ3) is 2.94. The summed E-state index contributed by atoms with van der Waals surface area (Å²) in [5, 5.41) is 0.763. The van der Waals surface area contributed by atoms with E-state index in [4.69, 9.17) is 17.4 Å². The third-order valence-electron chi connectivity index (χ3n) is 2.97. The van der Waals surface area contributed by atoms with E-state index in [1.807, 2.05) is 18.2 Å². The van der Waals surface area contributed by atoms with Gasteiger partial charge in [0.05, 0.1) is 0 Å². The van der Waals surface area contributed by atoms with Gasteiger partial charge in [-0.25, -0.2) is 0 Å². The van der Waals surface area contributed by atoms with Crippen molar-refractivity contribution in [1.29, 1.82) is 0 Å². The second-order valence-corrected chi connectivity index (χ2v) is 4.47. The van der Waals surface area contributed by atoms with Gasteiger partial charge in [0.25, 0.3) is 0 Å². The molecule has 84 valence electrons. The van der Waals surface area contributed by atoms with Crippen LogP contribution in [-0.4, -0.2) is 0 Å². The van der Waals surface area contributed by atoms with Crippen molar-refractivity contribution in [1.82, 2.24) is 5.43 Å². The number of hydrogen-bond acceptors (Lipinski definition) is 2. The van der Waals surface area contributed by atoms with Gasteiger partial charge in [0, 0.05) is 11.1 Å². The fourth-order valence-corrected chi connectivity index (χ4v) is 1.92. The lowest BCUT2D eigenvalue weighted by atomic mass is 9.90. The fourth-order valence-electron chi connectivity index (χ4n) is 1.74. The molecule has 0 heterocycles. The second kappa shape index (κ2) is 5.50. The van der Waals surface area contributed by atoms with Crippen molar-refractivity contribution >= 4 is 11.6 Å². The predicted molar refractivity (Wildman–Crippen MR) is 65.7 cm³/mol. The largest absolute Gasteiger partial charge is 0.271 e. The van der Waals surface area contributed by atoms with Crippen molar-refractivity contribution in [2.24, 2.45) is 11.8 Å². The van der Waals surface area contributed by atoms with E-state index < -0.39 is 0 Å². The van der Waals surface area contributed by atoms with E-state index in [1.165, 1.54) is 11.1 Å². The Hall–Kier alpha value is -0.570. The molecule has 0 radical (unpaired) electrons. The summed E-state index contributed by atoms with van der Waals surface area (Å²) in [4.78, 5) is 0. The number of benzene rings is 1. The molecule has 0 aliphatic carbocycles. The first kappa shape index (κ1) is 12.5. The highest BCUT2D eigenvalue weighted by Crippen LogP contribution is 2.28. The quantitative estimate of drug-likeness (QED) is 0.611. The summed E-state index contributed by atoms with van der Waals surface area (Å²) in [7, 11) is 0. The van der Waals surface area contributed by atoms with E-state index in [-0.39, 0.29) is 6.04 Å². The first-order valence-corrected chi connectivity index (χ1v) is 5.70. The highest BCUT2D eigenvalue weighted by atomic mass is 35.5. The summed E-state index contributed by atoms with van der Waals surface area (Å²) < 4.78 is 0. The molecule has 15 heavy (non-hydrogen) atoms. The number of hydrazine groups is 1. The maximum Gasteiger partial charge on any atom is 0.0488 e. The lowest BCUT2D eigenvalue weighted by molar-refractivity contribution is 0.381. The molecule has 2 unspecified atom stereocenters. The maximum absolute atomic E-state index is 6.00. The minimum atomic E-state index is 0.175. The lowest BCUT2D eigenvalue weighted by Crippen LogP contribution is -2.32. The molecule has 3 heteroatoms.